The van der Waals surface area contributed by atoms with E-state index in [0.717, 1.165) is 6.20 Å². The van der Waals surface area contributed by atoms with Crippen LogP contribution < -0.4 is 5.73 Å². The quantitative estimate of drug-likeness (QED) is 0.538. The summed E-state index contributed by atoms with van der Waals surface area (Å²) in [6, 6.07) is 0. The van der Waals surface area contributed by atoms with E-state index in [-0.39, 0.29) is 5.70 Å². The molecule has 0 atom stereocenters. The topological polar surface area (TPSA) is 78.9 Å². The van der Waals surface area contributed by atoms with Crippen molar-refractivity contribution in [2.75, 3.05) is 0 Å². The zero-order chi connectivity index (χ0) is 8.27. The second kappa shape index (κ2) is 2.98. The molecule has 0 fully saturated rings. The number of carbonyl (C=O) groups excluding carboxylic acids is 1. The molecule has 0 radical (unpaired) electrons. The van der Waals surface area contributed by atoms with Gasteiger partial charge in [0.1, 0.15) is 5.70 Å². The van der Waals surface area contributed by atoms with Gasteiger partial charge in [-0.05, 0) is 6.08 Å². The number of nitrogens with zero attached hydrogens (tertiary/aromatic N) is 2. The standard InChI is InChI=1S/C6H7N3O2/c7-6(10)5-4-9(11)3-1-2-8-5/h1-4,11H,(H2,7,10). The van der Waals surface area contributed by atoms with E-state index in [4.69, 9.17) is 10.9 Å². The van der Waals surface area contributed by atoms with Gasteiger partial charge >= 0.3 is 0 Å². The van der Waals surface area contributed by atoms with Gasteiger partial charge in [-0.3, -0.25) is 10.0 Å². The average Bonchev–Trinajstić information content (AvgIpc) is 2.13. The van der Waals surface area contributed by atoms with Gasteiger partial charge < -0.3 is 5.73 Å². The van der Waals surface area contributed by atoms with Crippen molar-refractivity contribution in [2.45, 2.75) is 0 Å². The fraction of sp³-hybridized carbons (Fsp3) is 0. The Kier molecular flexibility index (Phi) is 2.03. The van der Waals surface area contributed by atoms with E-state index in [1.807, 2.05) is 0 Å². The van der Waals surface area contributed by atoms with Gasteiger partial charge in [-0.25, -0.2) is 10.1 Å². The van der Waals surface area contributed by atoms with Gasteiger partial charge in [0, 0.05) is 12.4 Å². The minimum absolute atomic E-state index is 0.0116. The van der Waals surface area contributed by atoms with Crippen LogP contribution in [0.25, 0.3) is 0 Å². The number of aliphatic imine (C=N–C) groups is 1. The molecule has 1 amide bonds. The van der Waals surface area contributed by atoms with Crippen molar-refractivity contribution in [2.24, 2.45) is 10.7 Å². The minimum Gasteiger partial charge on any atom is -0.364 e. The molecule has 0 bridgehead atoms. The normalized spacial score (nSPS) is 16.1. The fourth-order valence-corrected chi connectivity index (χ4v) is 0.579. The molecule has 1 heterocycles. The molecular formula is C6H7N3O2. The van der Waals surface area contributed by atoms with E-state index < -0.39 is 5.91 Å². The van der Waals surface area contributed by atoms with E-state index in [1.165, 1.54) is 18.5 Å². The molecule has 1 aliphatic heterocycles. The number of primary amides is 1. The summed E-state index contributed by atoms with van der Waals surface area (Å²) in [6.07, 6.45) is 5.31. The highest BCUT2D eigenvalue weighted by Crippen LogP contribution is 2.00. The summed E-state index contributed by atoms with van der Waals surface area (Å²) in [7, 11) is 0. The van der Waals surface area contributed by atoms with Crippen molar-refractivity contribution >= 4 is 12.1 Å². The van der Waals surface area contributed by atoms with Crippen LogP contribution >= 0.6 is 0 Å². The molecular weight excluding hydrogens is 146 g/mol. The molecule has 58 valence electrons. The molecule has 3 N–H and O–H groups in total. The molecule has 1 rings (SSSR count). The maximum absolute atomic E-state index is 10.5. The lowest BCUT2D eigenvalue weighted by atomic mass is 10.4. The van der Waals surface area contributed by atoms with Crippen LogP contribution in [0, 0.1) is 0 Å². The lowest BCUT2D eigenvalue weighted by molar-refractivity contribution is -0.114. The molecule has 5 heteroatoms. The second-order valence-electron chi connectivity index (χ2n) is 1.88. The van der Waals surface area contributed by atoms with Crippen LogP contribution in [0.3, 0.4) is 0 Å². The maximum atomic E-state index is 10.5. The van der Waals surface area contributed by atoms with Crippen molar-refractivity contribution in [1.29, 1.82) is 0 Å². The minimum atomic E-state index is -0.677. The Morgan fingerprint density at radius 1 is 1.73 bits per heavy atom. The highest BCUT2D eigenvalue weighted by atomic mass is 16.5. The Bertz CT molecular complexity index is 255. The van der Waals surface area contributed by atoms with Crippen LogP contribution in [-0.4, -0.2) is 22.4 Å². The van der Waals surface area contributed by atoms with Crippen LogP contribution in [-0.2, 0) is 4.79 Å². The van der Waals surface area contributed by atoms with Crippen LogP contribution in [0.2, 0.25) is 0 Å². The van der Waals surface area contributed by atoms with E-state index in [0.29, 0.717) is 5.06 Å². The van der Waals surface area contributed by atoms with Crippen molar-refractivity contribution in [3.63, 3.8) is 0 Å². The molecule has 0 spiro atoms. The summed E-state index contributed by atoms with van der Waals surface area (Å²) in [5.74, 6) is -0.677. The van der Waals surface area contributed by atoms with Gasteiger partial charge in [0.25, 0.3) is 5.91 Å². The highest BCUT2D eigenvalue weighted by molar-refractivity contribution is 5.94. The van der Waals surface area contributed by atoms with E-state index in [2.05, 4.69) is 4.99 Å². The smallest absolute Gasteiger partial charge is 0.268 e. The summed E-state index contributed by atoms with van der Waals surface area (Å²) < 4.78 is 0. The molecule has 0 aromatic rings. The van der Waals surface area contributed by atoms with Gasteiger partial charge in [0.05, 0.1) is 6.20 Å². The van der Waals surface area contributed by atoms with Gasteiger partial charge in [0.15, 0.2) is 0 Å². The number of hydrogen-bond donors (Lipinski definition) is 2. The number of allylic oxidation sites excluding steroid dienone is 1. The molecule has 0 aromatic carbocycles. The molecule has 0 saturated carbocycles. The van der Waals surface area contributed by atoms with Gasteiger partial charge in [-0.2, -0.15) is 0 Å². The third kappa shape index (κ3) is 1.91. The Hall–Kier alpha value is -1.62. The predicted octanol–water partition coefficient (Wildman–Crippen LogP) is -0.398. The molecule has 0 aromatic heterocycles. The largest absolute Gasteiger partial charge is 0.364 e. The lowest BCUT2D eigenvalue weighted by Crippen LogP contribution is -2.14. The summed E-state index contributed by atoms with van der Waals surface area (Å²) in [4.78, 5) is 14.2. The van der Waals surface area contributed by atoms with Crippen molar-refractivity contribution < 1.29 is 10.0 Å². The summed E-state index contributed by atoms with van der Waals surface area (Å²) >= 11 is 0. The van der Waals surface area contributed by atoms with Gasteiger partial charge in [-0.15, -0.1) is 0 Å². The maximum Gasteiger partial charge on any atom is 0.268 e. The van der Waals surface area contributed by atoms with Crippen LogP contribution in [0.15, 0.2) is 29.2 Å². The number of amides is 1. The Labute approximate surface area is 63.1 Å². The van der Waals surface area contributed by atoms with Crippen molar-refractivity contribution in [3.8, 4) is 0 Å². The van der Waals surface area contributed by atoms with Crippen LogP contribution in [0.5, 0.6) is 0 Å². The molecule has 0 saturated heterocycles. The van der Waals surface area contributed by atoms with Crippen LogP contribution in [0.4, 0.5) is 0 Å². The number of hydrogen-bond acceptors (Lipinski definition) is 4. The Morgan fingerprint density at radius 2 is 2.45 bits per heavy atom. The third-order valence-electron chi connectivity index (χ3n) is 1.05. The Balaban J connectivity index is 2.88. The van der Waals surface area contributed by atoms with Crippen molar-refractivity contribution in [3.05, 3.63) is 24.2 Å². The summed E-state index contributed by atoms with van der Waals surface area (Å²) in [6.45, 7) is 0. The number of nitrogens with two attached hydrogens (primary N) is 1. The number of hydroxylamine groups is 2. The van der Waals surface area contributed by atoms with Crippen molar-refractivity contribution in [1.82, 2.24) is 5.06 Å². The first-order valence-electron chi connectivity index (χ1n) is 2.90. The fourth-order valence-electron chi connectivity index (χ4n) is 0.579. The Morgan fingerprint density at radius 3 is 3.09 bits per heavy atom. The predicted molar refractivity (Wildman–Crippen MR) is 38.5 cm³/mol. The lowest BCUT2D eigenvalue weighted by Gasteiger charge is -2.02. The summed E-state index contributed by atoms with van der Waals surface area (Å²) in [5.41, 5.74) is 4.92. The van der Waals surface area contributed by atoms with Gasteiger partial charge in [0.2, 0.25) is 0 Å². The molecule has 1 aliphatic rings. The van der Waals surface area contributed by atoms with Gasteiger partial charge in [-0.1, -0.05) is 0 Å². The van der Waals surface area contributed by atoms with E-state index in [9.17, 15) is 4.79 Å². The van der Waals surface area contributed by atoms with E-state index >= 15 is 0 Å². The zero-order valence-corrected chi connectivity index (χ0v) is 5.64. The molecule has 5 nitrogen and oxygen atoms in total. The zero-order valence-electron chi connectivity index (χ0n) is 5.64. The molecule has 0 aliphatic carbocycles. The SMILES string of the molecule is NC(=O)C1=CN(O)C=CC=N1. The first-order chi connectivity index (χ1) is 5.20. The number of carbonyl (C=O) groups is 1. The molecule has 11 heavy (non-hydrogen) atoms. The molecule has 0 unspecified atom stereocenters. The monoisotopic (exact) mass is 153 g/mol. The van der Waals surface area contributed by atoms with Crippen LogP contribution in [0.1, 0.15) is 0 Å². The highest BCUT2D eigenvalue weighted by Gasteiger charge is 2.04. The summed E-state index contributed by atoms with van der Waals surface area (Å²) in [5, 5.41) is 9.61. The van der Waals surface area contributed by atoms with E-state index in [1.54, 1.807) is 0 Å². The third-order valence-corrected chi connectivity index (χ3v) is 1.05. The second-order valence-corrected chi connectivity index (χ2v) is 1.88. The number of rotatable bonds is 1. The average molecular weight is 153 g/mol. The first-order valence-corrected chi connectivity index (χ1v) is 2.90. The first kappa shape index (κ1) is 7.49.